The average molecular weight is 379 g/mol. The fraction of sp³-hybridized carbons (Fsp3) is 0.389. The number of aromatic amines is 1. The van der Waals surface area contributed by atoms with Gasteiger partial charge in [0.15, 0.2) is 17.3 Å². The molecule has 1 aliphatic heterocycles. The Bertz CT molecular complexity index is 832. The van der Waals surface area contributed by atoms with Crippen LogP contribution < -0.4 is 4.74 Å². The number of nitrogens with zero attached hydrogens (tertiary/aromatic N) is 2. The minimum Gasteiger partial charge on any atom is -0.484 e. The van der Waals surface area contributed by atoms with E-state index in [0.717, 1.165) is 12.1 Å². The van der Waals surface area contributed by atoms with E-state index in [4.69, 9.17) is 9.47 Å². The number of ether oxygens (including phenoxy) is 2. The standard InChI is InChI=1S/C18H19F2N3O4/c1-26-18(25)11-4-6-23(7-5-11)17(24)15-9-13(21-22-15)10-27-16-3-2-12(19)8-14(16)20/h2-3,8-9,11H,4-7,10H2,1H3,(H,21,22). The summed E-state index contributed by atoms with van der Waals surface area (Å²) in [6, 6.07) is 4.54. The number of amides is 1. The Morgan fingerprint density at radius 3 is 2.67 bits per heavy atom. The Kier molecular flexibility index (Phi) is 5.68. The number of benzene rings is 1. The number of rotatable bonds is 5. The average Bonchev–Trinajstić information content (AvgIpc) is 3.15. The van der Waals surface area contributed by atoms with Crippen LogP contribution in [0.4, 0.5) is 8.78 Å². The number of hydrogen-bond donors (Lipinski definition) is 1. The summed E-state index contributed by atoms with van der Waals surface area (Å²) < 4.78 is 36.5. The lowest BCUT2D eigenvalue weighted by molar-refractivity contribution is -0.146. The predicted molar refractivity (Wildman–Crippen MR) is 89.9 cm³/mol. The molecule has 1 aromatic carbocycles. The number of hydrogen-bond acceptors (Lipinski definition) is 5. The van der Waals surface area contributed by atoms with Gasteiger partial charge in [-0.3, -0.25) is 14.7 Å². The number of methoxy groups -OCH3 is 1. The maximum atomic E-state index is 13.6. The summed E-state index contributed by atoms with van der Waals surface area (Å²) in [5, 5.41) is 6.64. The van der Waals surface area contributed by atoms with Crippen LogP contribution in [0, 0.1) is 17.6 Å². The third-order valence-electron chi connectivity index (χ3n) is 4.44. The molecule has 2 aromatic rings. The summed E-state index contributed by atoms with van der Waals surface area (Å²) >= 11 is 0. The summed E-state index contributed by atoms with van der Waals surface area (Å²) in [5.74, 6) is -2.29. The molecule has 9 heteroatoms. The van der Waals surface area contributed by atoms with E-state index in [9.17, 15) is 18.4 Å². The molecule has 0 radical (unpaired) electrons. The Hall–Kier alpha value is -2.97. The van der Waals surface area contributed by atoms with Crippen LogP contribution in [-0.2, 0) is 16.1 Å². The molecule has 27 heavy (non-hydrogen) atoms. The second-order valence-electron chi connectivity index (χ2n) is 6.23. The van der Waals surface area contributed by atoms with Gasteiger partial charge in [0.25, 0.3) is 5.91 Å². The first-order valence-corrected chi connectivity index (χ1v) is 8.47. The highest BCUT2D eigenvalue weighted by Gasteiger charge is 2.29. The number of esters is 1. The van der Waals surface area contributed by atoms with Crippen LogP contribution in [0.3, 0.4) is 0 Å². The number of carbonyl (C=O) groups is 2. The van der Waals surface area contributed by atoms with E-state index in [2.05, 4.69) is 10.2 Å². The van der Waals surface area contributed by atoms with Crippen molar-refractivity contribution in [1.82, 2.24) is 15.1 Å². The van der Waals surface area contributed by atoms with Crippen LogP contribution in [-0.4, -0.2) is 47.2 Å². The normalized spacial score (nSPS) is 14.9. The Balaban J connectivity index is 1.56. The SMILES string of the molecule is COC(=O)C1CCN(C(=O)c2cc(COc3ccc(F)cc3F)[nH]n2)CC1. The van der Waals surface area contributed by atoms with Gasteiger partial charge in [-0.2, -0.15) is 5.10 Å². The van der Waals surface area contributed by atoms with Crippen molar-refractivity contribution < 1.29 is 27.8 Å². The number of halogens is 2. The third kappa shape index (κ3) is 4.42. The van der Waals surface area contributed by atoms with Crippen molar-refractivity contribution in [1.29, 1.82) is 0 Å². The first-order chi connectivity index (χ1) is 13.0. The van der Waals surface area contributed by atoms with Gasteiger partial charge in [-0.15, -0.1) is 0 Å². The summed E-state index contributed by atoms with van der Waals surface area (Å²) in [5.41, 5.74) is 0.691. The van der Waals surface area contributed by atoms with Crippen molar-refractivity contribution in [3.63, 3.8) is 0 Å². The maximum Gasteiger partial charge on any atom is 0.308 e. The molecule has 0 aliphatic carbocycles. The molecule has 1 saturated heterocycles. The number of likely N-dealkylation sites (tertiary alicyclic amines) is 1. The van der Waals surface area contributed by atoms with Crippen LogP contribution in [0.1, 0.15) is 29.0 Å². The van der Waals surface area contributed by atoms with Crippen molar-refractivity contribution >= 4 is 11.9 Å². The van der Waals surface area contributed by atoms with Crippen LogP contribution in [0.25, 0.3) is 0 Å². The molecule has 0 bridgehead atoms. The highest BCUT2D eigenvalue weighted by molar-refractivity contribution is 5.92. The van der Waals surface area contributed by atoms with Crippen LogP contribution >= 0.6 is 0 Å². The largest absolute Gasteiger partial charge is 0.484 e. The molecule has 1 amide bonds. The lowest BCUT2D eigenvalue weighted by atomic mass is 9.97. The minimum absolute atomic E-state index is 0.0484. The van der Waals surface area contributed by atoms with Gasteiger partial charge >= 0.3 is 5.97 Å². The zero-order valence-corrected chi connectivity index (χ0v) is 14.7. The van der Waals surface area contributed by atoms with Gasteiger partial charge in [-0.05, 0) is 31.0 Å². The van der Waals surface area contributed by atoms with E-state index < -0.39 is 11.6 Å². The molecule has 144 valence electrons. The van der Waals surface area contributed by atoms with E-state index in [-0.39, 0.29) is 35.8 Å². The molecule has 1 N–H and O–H groups in total. The number of carbonyl (C=O) groups excluding carboxylic acids is 2. The number of piperidine rings is 1. The van der Waals surface area contributed by atoms with Crippen molar-refractivity contribution in [3.8, 4) is 5.75 Å². The van der Waals surface area contributed by atoms with Crippen molar-refractivity contribution in [2.24, 2.45) is 5.92 Å². The first-order valence-electron chi connectivity index (χ1n) is 8.47. The summed E-state index contributed by atoms with van der Waals surface area (Å²) in [7, 11) is 1.35. The highest BCUT2D eigenvalue weighted by Crippen LogP contribution is 2.21. The second kappa shape index (κ2) is 8.15. The second-order valence-corrected chi connectivity index (χ2v) is 6.23. The van der Waals surface area contributed by atoms with Gasteiger partial charge in [0.1, 0.15) is 12.4 Å². The van der Waals surface area contributed by atoms with Crippen LogP contribution in [0.15, 0.2) is 24.3 Å². The van der Waals surface area contributed by atoms with Crippen molar-refractivity contribution in [3.05, 3.63) is 47.3 Å². The Morgan fingerprint density at radius 1 is 1.26 bits per heavy atom. The number of nitrogens with one attached hydrogen (secondary N) is 1. The molecule has 7 nitrogen and oxygen atoms in total. The third-order valence-corrected chi connectivity index (χ3v) is 4.44. The van der Waals surface area contributed by atoms with Gasteiger partial charge in [-0.25, -0.2) is 8.78 Å². The molecule has 1 aromatic heterocycles. The van der Waals surface area contributed by atoms with Crippen LogP contribution in [0.2, 0.25) is 0 Å². The summed E-state index contributed by atoms with van der Waals surface area (Å²) in [4.78, 5) is 25.7. The van der Waals surface area contributed by atoms with Gasteiger partial charge in [0.2, 0.25) is 0 Å². The summed E-state index contributed by atoms with van der Waals surface area (Å²) in [6.07, 6.45) is 1.09. The van der Waals surface area contributed by atoms with Gasteiger partial charge < -0.3 is 14.4 Å². The Morgan fingerprint density at radius 2 is 2.00 bits per heavy atom. The van der Waals surface area contributed by atoms with E-state index in [0.29, 0.717) is 31.6 Å². The number of H-pyrrole nitrogens is 1. The highest BCUT2D eigenvalue weighted by atomic mass is 19.1. The van der Waals surface area contributed by atoms with Crippen molar-refractivity contribution in [2.45, 2.75) is 19.4 Å². The van der Waals surface area contributed by atoms with E-state index in [1.807, 2.05) is 0 Å². The predicted octanol–water partition coefficient (Wildman–Crippen LogP) is 2.29. The maximum absolute atomic E-state index is 13.6. The lowest BCUT2D eigenvalue weighted by Gasteiger charge is -2.30. The zero-order chi connectivity index (χ0) is 19.4. The zero-order valence-electron chi connectivity index (χ0n) is 14.7. The van der Waals surface area contributed by atoms with Crippen LogP contribution in [0.5, 0.6) is 5.75 Å². The van der Waals surface area contributed by atoms with E-state index in [1.165, 1.54) is 19.2 Å². The van der Waals surface area contributed by atoms with Gasteiger partial charge in [-0.1, -0.05) is 0 Å². The monoisotopic (exact) mass is 379 g/mol. The van der Waals surface area contributed by atoms with Gasteiger partial charge in [0, 0.05) is 19.2 Å². The fourth-order valence-electron chi connectivity index (χ4n) is 2.94. The molecule has 1 fully saturated rings. The molecule has 0 spiro atoms. The molecule has 0 atom stereocenters. The molecular weight excluding hydrogens is 360 g/mol. The number of aromatic nitrogens is 2. The minimum atomic E-state index is -0.806. The quantitative estimate of drug-likeness (QED) is 0.806. The molecule has 1 aliphatic rings. The lowest BCUT2D eigenvalue weighted by Crippen LogP contribution is -2.40. The van der Waals surface area contributed by atoms with E-state index >= 15 is 0 Å². The smallest absolute Gasteiger partial charge is 0.308 e. The molecule has 3 rings (SSSR count). The Labute approximate surface area is 154 Å². The van der Waals surface area contributed by atoms with E-state index in [1.54, 1.807) is 4.90 Å². The molecule has 0 unspecified atom stereocenters. The fourth-order valence-corrected chi connectivity index (χ4v) is 2.94. The van der Waals surface area contributed by atoms with Gasteiger partial charge in [0.05, 0.1) is 18.7 Å². The molecule has 0 saturated carbocycles. The summed E-state index contributed by atoms with van der Waals surface area (Å²) in [6.45, 7) is 0.837. The molecular formula is C18H19F2N3O4. The first kappa shape index (κ1) is 18.8. The molecule has 2 heterocycles. The van der Waals surface area contributed by atoms with Crippen molar-refractivity contribution in [2.75, 3.05) is 20.2 Å². The topological polar surface area (TPSA) is 84.5 Å².